The van der Waals surface area contributed by atoms with Crippen LogP contribution in [0.15, 0.2) is 0 Å². The second-order valence-corrected chi connectivity index (χ2v) is 10.3. The van der Waals surface area contributed by atoms with Crippen molar-refractivity contribution in [2.45, 2.75) is 72.5 Å². The number of hydrogen-bond acceptors (Lipinski definition) is 8. The van der Waals surface area contributed by atoms with Gasteiger partial charge in [-0.15, -0.1) is 0 Å². The van der Waals surface area contributed by atoms with Crippen LogP contribution in [-0.4, -0.2) is 49.3 Å². The SMILES string of the molecule is CC(C)(C)C(C)(C)C(=O)OCC(=O)OCC(=O)OC1C2CC3CC(C2)C(=O)OC1C3. The summed E-state index contributed by atoms with van der Waals surface area (Å²) in [6, 6.07) is 0. The van der Waals surface area contributed by atoms with Gasteiger partial charge in [0.2, 0.25) is 0 Å². The van der Waals surface area contributed by atoms with E-state index < -0.39 is 48.7 Å². The Morgan fingerprint density at radius 2 is 1.60 bits per heavy atom. The minimum Gasteiger partial charge on any atom is -0.458 e. The molecule has 4 fully saturated rings. The number of carbonyl (C=O) groups is 4. The highest BCUT2D eigenvalue weighted by Gasteiger charge is 2.51. The molecule has 4 aliphatic rings. The second-order valence-electron chi connectivity index (χ2n) is 10.3. The smallest absolute Gasteiger partial charge is 0.344 e. The molecule has 2 saturated carbocycles. The van der Waals surface area contributed by atoms with Crippen LogP contribution in [0.3, 0.4) is 0 Å². The van der Waals surface area contributed by atoms with E-state index in [1.54, 1.807) is 13.8 Å². The van der Waals surface area contributed by atoms with Crippen molar-refractivity contribution in [2.24, 2.45) is 28.6 Å². The molecule has 8 nitrogen and oxygen atoms in total. The zero-order chi connectivity index (χ0) is 22.3. The summed E-state index contributed by atoms with van der Waals surface area (Å²) in [7, 11) is 0. The lowest BCUT2D eigenvalue weighted by Crippen LogP contribution is -2.45. The van der Waals surface area contributed by atoms with Crippen molar-refractivity contribution in [1.29, 1.82) is 0 Å². The third kappa shape index (κ3) is 4.62. The molecule has 30 heavy (non-hydrogen) atoms. The van der Waals surface area contributed by atoms with Gasteiger partial charge in [-0.2, -0.15) is 0 Å². The van der Waals surface area contributed by atoms with Crippen LogP contribution < -0.4 is 0 Å². The van der Waals surface area contributed by atoms with Gasteiger partial charge in [0.1, 0.15) is 12.2 Å². The molecule has 2 aliphatic carbocycles. The van der Waals surface area contributed by atoms with E-state index in [4.69, 9.17) is 18.9 Å². The largest absolute Gasteiger partial charge is 0.458 e. The predicted molar refractivity (Wildman–Crippen MR) is 104 cm³/mol. The summed E-state index contributed by atoms with van der Waals surface area (Å²) in [6.07, 6.45) is 2.23. The van der Waals surface area contributed by atoms with Crippen LogP contribution in [0.5, 0.6) is 0 Å². The number of fused-ring (bicyclic) bond motifs is 1. The van der Waals surface area contributed by atoms with Crippen LogP contribution >= 0.6 is 0 Å². The van der Waals surface area contributed by atoms with Crippen LogP contribution in [0.25, 0.3) is 0 Å². The number of rotatable bonds is 6. The van der Waals surface area contributed by atoms with Crippen LogP contribution in [0.2, 0.25) is 0 Å². The van der Waals surface area contributed by atoms with Crippen molar-refractivity contribution < 1.29 is 38.1 Å². The molecule has 0 aromatic carbocycles. The minimum absolute atomic E-state index is 0.0965. The summed E-state index contributed by atoms with van der Waals surface area (Å²) >= 11 is 0. The Morgan fingerprint density at radius 3 is 2.27 bits per heavy atom. The Morgan fingerprint density at radius 1 is 0.933 bits per heavy atom. The molecule has 4 bridgehead atoms. The molecule has 2 saturated heterocycles. The molecule has 5 atom stereocenters. The lowest BCUT2D eigenvalue weighted by molar-refractivity contribution is -0.180. The maximum atomic E-state index is 12.3. The third-order valence-electron chi connectivity index (χ3n) is 7.16. The van der Waals surface area contributed by atoms with Crippen molar-refractivity contribution in [3.05, 3.63) is 0 Å². The highest BCUT2D eigenvalue weighted by Crippen LogP contribution is 2.48. The second kappa shape index (κ2) is 8.19. The van der Waals surface area contributed by atoms with Crippen LogP contribution in [0.1, 0.15) is 60.3 Å². The van der Waals surface area contributed by atoms with Gasteiger partial charge in [0.25, 0.3) is 0 Å². The van der Waals surface area contributed by atoms with Crippen molar-refractivity contribution in [1.82, 2.24) is 0 Å². The third-order valence-corrected chi connectivity index (χ3v) is 7.16. The van der Waals surface area contributed by atoms with Gasteiger partial charge < -0.3 is 18.9 Å². The highest BCUT2D eigenvalue weighted by atomic mass is 16.6. The van der Waals surface area contributed by atoms with E-state index in [0.29, 0.717) is 18.8 Å². The van der Waals surface area contributed by atoms with Gasteiger partial charge in [0.05, 0.1) is 11.3 Å². The first-order valence-corrected chi connectivity index (χ1v) is 10.6. The summed E-state index contributed by atoms with van der Waals surface area (Å²) in [5, 5.41) is 0. The van der Waals surface area contributed by atoms with Gasteiger partial charge in [-0.1, -0.05) is 20.8 Å². The molecule has 0 spiro atoms. The molecular formula is C22H32O8. The Bertz CT molecular complexity index is 719. The Balaban J connectivity index is 1.44. The first-order valence-electron chi connectivity index (χ1n) is 10.6. The van der Waals surface area contributed by atoms with Crippen LogP contribution in [0.4, 0.5) is 0 Å². The fourth-order valence-corrected chi connectivity index (χ4v) is 4.41. The van der Waals surface area contributed by atoms with Gasteiger partial charge >= 0.3 is 23.9 Å². The first kappa shape index (κ1) is 22.6. The van der Waals surface area contributed by atoms with Crippen LogP contribution in [-0.2, 0) is 38.1 Å². The zero-order valence-corrected chi connectivity index (χ0v) is 18.4. The van der Waals surface area contributed by atoms with Gasteiger partial charge in [-0.05, 0) is 50.9 Å². The van der Waals surface area contributed by atoms with Gasteiger partial charge in [0.15, 0.2) is 13.2 Å². The quantitative estimate of drug-likeness (QED) is 0.473. The lowest BCUT2D eigenvalue weighted by Gasteiger charge is -2.41. The topological polar surface area (TPSA) is 105 Å². The average Bonchev–Trinajstić information content (AvgIpc) is 2.81. The van der Waals surface area contributed by atoms with Crippen molar-refractivity contribution in [2.75, 3.05) is 13.2 Å². The number of esters is 4. The van der Waals surface area contributed by atoms with Crippen molar-refractivity contribution >= 4 is 23.9 Å². The van der Waals surface area contributed by atoms with E-state index in [0.717, 1.165) is 12.8 Å². The number of carbonyl (C=O) groups excluding carboxylic acids is 4. The Labute approximate surface area is 176 Å². The predicted octanol–water partition coefficient (Wildman–Crippen LogP) is 2.42. The molecule has 2 aliphatic heterocycles. The fraction of sp³-hybridized carbons (Fsp3) is 0.818. The molecule has 0 aromatic rings. The monoisotopic (exact) mass is 424 g/mol. The maximum absolute atomic E-state index is 12.3. The molecular weight excluding hydrogens is 392 g/mol. The zero-order valence-electron chi connectivity index (χ0n) is 18.4. The molecule has 0 amide bonds. The molecule has 0 N–H and O–H groups in total. The van der Waals surface area contributed by atoms with E-state index in [-0.39, 0.29) is 23.2 Å². The first-order chi connectivity index (χ1) is 13.9. The molecule has 8 heteroatoms. The molecule has 0 aromatic heterocycles. The Hall–Kier alpha value is -2.12. The highest BCUT2D eigenvalue weighted by molar-refractivity contribution is 5.81. The van der Waals surface area contributed by atoms with Crippen molar-refractivity contribution in [3.8, 4) is 0 Å². The molecule has 0 radical (unpaired) electrons. The average molecular weight is 424 g/mol. The van der Waals surface area contributed by atoms with E-state index >= 15 is 0 Å². The van der Waals surface area contributed by atoms with Gasteiger partial charge in [-0.25, -0.2) is 9.59 Å². The normalized spacial score (nSPS) is 30.3. The fourth-order valence-electron chi connectivity index (χ4n) is 4.41. The van der Waals surface area contributed by atoms with E-state index in [2.05, 4.69) is 0 Å². The summed E-state index contributed by atoms with van der Waals surface area (Å²) in [4.78, 5) is 48.5. The van der Waals surface area contributed by atoms with E-state index in [1.165, 1.54) is 0 Å². The molecule has 168 valence electrons. The van der Waals surface area contributed by atoms with Crippen molar-refractivity contribution in [3.63, 3.8) is 0 Å². The van der Waals surface area contributed by atoms with E-state index in [1.807, 2.05) is 20.8 Å². The summed E-state index contributed by atoms with van der Waals surface area (Å²) in [5.41, 5.74) is -1.14. The molecule has 4 rings (SSSR count). The number of hydrogen-bond donors (Lipinski definition) is 0. The van der Waals surface area contributed by atoms with E-state index in [9.17, 15) is 19.2 Å². The summed E-state index contributed by atoms with van der Waals surface area (Å²) < 4.78 is 21.0. The van der Waals surface area contributed by atoms with Gasteiger partial charge in [0, 0.05) is 5.92 Å². The van der Waals surface area contributed by atoms with Crippen LogP contribution in [0, 0.1) is 28.6 Å². The molecule has 2 heterocycles. The maximum Gasteiger partial charge on any atom is 0.344 e. The minimum atomic E-state index is -0.821. The number of ether oxygens (including phenoxy) is 4. The summed E-state index contributed by atoms with van der Waals surface area (Å²) in [6.45, 7) is 8.08. The van der Waals surface area contributed by atoms with Gasteiger partial charge in [-0.3, -0.25) is 9.59 Å². The lowest BCUT2D eigenvalue weighted by atomic mass is 9.67. The molecule has 5 unspecified atom stereocenters. The standard InChI is InChI=1S/C22H32O8/c1-21(2,3)22(4,5)20(26)28-10-16(23)27-11-17(24)30-18-13-6-12-7-14(9-13)19(25)29-15(18)8-12/h12-15,18H,6-11H2,1-5H3. The summed E-state index contributed by atoms with van der Waals surface area (Å²) in [5.74, 6) is -1.80. The Kier molecular flexibility index (Phi) is 6.16.